The van der Waals surface area contributed by atoms with Gasteiger partial charge in [-0.25, -0.2) is 0 Å². The molecule has 0 heterocycles. The van der Waals surface area contributed by atoms with Crippen molar-refractivity contribution in [2.75, 3.05) is 0 Å². The number of aryl methyl sites for hydroxylation is 1. The van der Waals surface area contributed by atoms with Crippen molar-refractivity contribution < 1.29 is 15.5 Å². The van der Waals surface area contributed by atoms with Crippen LogP contribution in [-0.2, 0) is 12.9 Å². The van der Waals surface area contributed by atoms with Gasteiger partial charge in [0, 0.05) is 0 Å². The van der Waals surface area contributed by atoms with E-state index in [1.54, 1.807) is 0 Å². The van der Waals surface area contributed by atoms with Gasteiger partial charge in [0.25, 0.3) is 0 Å². The van der Waals surface area contributed by atoms with Gasteiger partial charge < -0.3 is 0 Å². The Morgan fingerprint density at radius 3 is 2.00 bits per heavy atom. The van der Waals surface area contributed by atoms with Crippen molar-refractivity contribution in [1.29, 1.82) is 0 Å². The second-order valence-electron chi connectivity index (χ2n) is 3.83. The molecule has 4 nitrogen and oxygen atoms in total. The average Bonchev–Trinajstić information content (AvgIpc) is 2.37. The molecule has 6 heteroatoms. The van der Waals surface area contributed by atoms with Gasteiger partial charge in [-0.1, -0.05) is 0 Å². The Labute approximate surface area is 120 Å². The second kappa shape index (κ2) is 6.00. The quantitative estimate of drug-likeness (QED) is 0.641. The SMILES string of the molecule is Cc1ccc(I(OS(=O)(=O)O)c2ccccc2)cc1. The molecule has 2 aromatic rings. The Morgan fingerprint density at radius 1 is 0.947 bits per heavy atom. The van der Waals surface area contributed by atoms with E-state index < -0.39 is 30.6 Å². The van der Waals surface area contributed by atoms with Crippen LogP contribution in [0.25, 0.3) is 0 Å². The standard InChI is InChI=1S/C13H13IO4S/c1-11-7-9-13(10-8-11)14(18-19(15,16)17)12-5-3-2-4-6-12/h2-10H,1H3,(H,15,16,17). The van der Waals surface area contributed by atoms with Crippen molar-refractivity contribution in [3.05, 3.63) is 67.3 Å². The summed E-state index contributed by atoms with van der Waals surface area (Å²) in [7, 11) is -4.46. The van der Waals surface area contributed by atoms with Gasteiger partial charge in [0.1, 0.15) is 0 Å². The minimum atomic E-state index is -4.46. The van der Waals surface area contributed by atoms with Crippen LogP contribution in [0.15, 0.2) is 54.6 Å². The molecule has 0 aliphatic rings. The maximum atomic E-state index is 11.0. The zero-order valence-electron chi connectivity index (χ0n) is 10.2. The van der Waals surface area contributed by atoms with E-state index >= 15 is 0 Å². The van der Waals surface area contributed by atoms with E-state index in [2.05, 4.69) is 0 Å². The predicted molar refractivity (Wildman–Crippen MR) is 81.7 cm³/mol. The van der Waals surface area contributed by atoms with Crippen molar-refractivity contribution >= 4 is 30.6 Å². The van der Waals surface area contributed by atoms with Gasteiger partial charge in [0.05, 0.1) is 0 Å². The molecule has 19 heavy (non-hydrogen) atoms. The Kier molecular flexibility index (Phi) is 4.56. The minimum absolute atomic E-state index is 0.813. The summed E-state index contributed by atoms with van der Waals surface area (Å²) in [5.74, 6) is 0. The van der Waals surface area contributed by atoms with E-state index in [1.165, 1.54) is 0 Å². The van der Waals surface area contributed by atoms with Crippen LogP contribution in [0.5, 0.6) is 0 Å². The molecule has 0 amide bonds. The molecule has 1 N–H and O–H groups in total. The van der Waals surface area contributed by atoms with Crippen molar-refractivity contribution in [2.45, 2.75) is 6.92 Å². The zero-order valence-corrected chi connectivity index (χ0v) is 13.1. The third-order valence-electron chi connectivity index (χ3n) is 2.28. The van der Waals surface area contributed by atoms with Crippen LogP contribution < -0.4 is 0 Å². The summed E-state index contributed by atoms with van der Waals surface area (Å²) in [5, 5.41) is 0. The first kappa shape index (κ1) is 14.4. The van der Waals surface area contributed by atoms with E-state index in [0.29, 0.717) is 0 Å². The van der Waals surface area contributed by atoms with E-state index in [4.69, 9.17) is 7.07 Å². The van der Waals surface area contributed by atoms with E-state index in [1.807, 2.05) is 61.5 Å². The first-order valence-corrected chi connectivity index (χ1v) is 9.85. The first-order chi connectivity index (χ1) is 8.96. The number of hydrogen-bond donors (Lipinski definition) is 1. The van der Waals surface area contributed by atoms with Crippen LogP contribution in [0.4, 0.5) is 0 Å². The Balaban J connectivity index is 2.43. The molecular formula is C13H13IO4S. The van der Waals surface area contributed by atoms with Crippen molar-refractivity contribution in [3.63, 3.8) is 0 Å². The molecule has 0 bridgehead atoms. The molecule has 0 aliphatic carbocycles. The van der Waals surface area contributed by atoms with Crippen molar-refractivity contribution in [1.82, 2.24) is 0 Å². The number of hydrogen-bond acceptors (Lipinski definition) is 3. The van der Waals surface area contributed by atoms with Crippen LogP contribution in [0.2, 0.25) is 0 Å². The van der Waals surface area contributed by atoms with Gasteiger partial charge in [0.15, 0.2) is 0 Å². The molecule has 2 rings (SSSR count). The van der Waals surface area contributed by atoms with Gasteiger partial charge in [-0.3, -0.25) is 0 Å². The number of benzene rings is 2. The normalized spacial score (nSPS) is 12.2. The summed E-state index contributed by atoms with van der Waals surface area (Å²) in [6.07, 6.45) is 0. The molecule has 0 atom stereocenters. The fourth-order valence-corrected chi connectivity index (χ4v) is 7.17. The van der Waals surface area contributed by atoms with Gasteiger partial charge in [-0.05, 0) is 0 Å². The number of halogens is 1. The molecule has 0 aliphatic heterocycles. The van der Waals surface area contributed by atoms with Gasteiger partial charge in [-0.15, -0.1) is 0 Å². The topological polar surface area (TPSA) is 63.6 Å². The second-order valence-corrected chi connectivity index (χ2v) is 9.80. The third kappa shape index (κ3) is 4.27. The van der Waals surface area contributed by atoms with Crippen molar-refractivity contribution in [2.24, 2.45) is 0 Å². The van der Waals surface area contributed by atoms with Crippen molar-refractivity contribution in [3.8, 4) is 0 Å². The molecule has 2 aromatic carbocycles. The molecule has 0 saturated carbocycles. The summed E-state index contributed by atoms with van der Waals surface area (Å²) in [6, 6.07) is 16.6. The van der Waals surface area contributed by atoms with Crippen LogP contribution in [0.3, 0.4) is 0 Å². The van der Waals surface area contributed by atoms with Crippen LogP contribution >= 0.6 is 20.2 Å². The van der Waals surface area contributed by atoms with Gasteiger partial charge in [-0.2, -0.15) is 0 Å². The molecule has 0 saturated heterocycles. The van der Waals surface area contributed by atoms with Gasteiger partial charge in [0.2, 0.25) is 0 Å². The monoisotopic (exact) mass is 392 g/mol. The summed E-state index contributed by atoms with van der Waals surface area (Å²) in [5.41, 5.74) is 1.08. The molecule has 0 unspecified atom stereocenters. The molecule has 0 fully saturated rings. The van der Waals surface area contributed by atoms with E-state index in [9.17, 15) is 8.42 Å². The summed E-state index contributed by atoms with van der Waals surface area (Å²) < 4.78 is 37.6. The molecule has 0 spiro atoms. The fraction of sp³-hybridized carbons (Fsp3) is 0.0769. The molecule has 0 aromatic heterocycles. The average molecular weight is 392 g/mol. The Bertz CT molecular complexity index is 638. The summed E-state index contributed by atoms with van der Waals surface area (Å²) >= 11 is -2.64. The van der Waals surface area contributed by atoms with E-state index in [0.717, 1.165) is 12.7 Å². The summed E-state index contributed by atoms with van der Waals surface area (Å²) in [6.45, 7) is 1.95. The molecule has 102 valence electrons. The fourth-order valence-electron chi connectivity index (χ4n) is 1.46. The maximum absolute atomic E-state index is 11.0. The molecular weight excluding hydrogens is 379 g/mol. The molecule has 0 radical (unpaired) electrons. The zero-order chi connectivity index (χ0) is 13.9. The number of rotatable bonds is 4. The third-order valence-corrected chi connectivity index (χ3v) is 8.71. The predicted octanol–water partition coefficient (Wildman–Crippen LogP) is 3.28. The summed E-state index contributed by atoms with van der Waals surface area (Å²) in [4.78, 5) is 0. The Hall–Kier alpha value is -0.960. The van der Waals surface area contributed by atoms with Crippen LogP contribution in [0, 0.1) is 14.1 Å². The first-order valence-electron chi connectivity index (χ1n) is 5.45. The Morgan fingerprint density at radius 2 is 1.47 bits per heavy atom. The van der Waals surface area contributed by atoms with Crippen LogP contribution in [-0.4, -0.2) is 13.0 Å². The van der Waals surface area contributed by atoms with E-state index in [-0.39, 0.29) is 0 Å². The van der Waals surface area contributed by atoms with Gasteiger partial charge >= 0.3 is 120 Å². The van der Waals surface area contributed by atoms with Crippen LogP contribution in [0.1, 0.15) is 5.56 Å².